The van der Waals surface area contributed by atoms with Gasteiger partial charge in [-0.3, -0.25) is 4.79 Å². The zero-order valence-electron chi connectivity index (χ0n) is 14.0. The summed E-state index contributed by atoms with van der Waals surface area (Å²) in [6.45, 7) is 0. The lowest BCUT2D eigenvalue weighted by Crippen LogP contribution is -2.39. The minimum absolute atomic E-state index is 0.0394. The fraction of sp³-hybridized carbons (Fsp3) is 0.353. The number of anilines is 1. The number of rotatable bonds is 4. The molecule has 0 unspecified atom stereocenters. The molecule has 0 spiro atoms. The van der Waals surface area contributed by atoms with Crippen LogP contribution in [0, 0.1) is 0 Å². The first-order chi connectivity index (χ1) is 12.1. The lowest BCUT2D eigenvalue weighted by molar-refractivity contribution is 0.314. The molecule has 8 heteroatoms. The van der Waals surface area contributed by atoms with E-state index in [9.17, 15) is 4.79 Å². The van der Waals surface area contributed by atoms with Gasteiger partial charge in [0.15, 0.2) is 0 Å². The molecule has 2 atom stereocenters. The van der Waals surface area contributed by atoms with E-state index in [0.29, 0.717) is 5.56 Å². The molecule has 2 aromatic rings. The van der Waals surface area contributed by atoms with Crippen LogP contribution >= 0.6 is 0 Å². The summed E-state index contributed by atoms with van der Waals surface area (Å²) in [5.41, 5.74) is 6.86. The number of oxime groups is 1. The number of aryl methyl sites for hydroxylation is 1. The van der Waals surface area contributed by atoms with Gasteiger partial charge in [0.1, 0.15) is 5.82 Å². The summed E-state index contributed by atoms with van der Waals surface area (Å²) < 4.78 is 1.55. The van der Waals surface area contributed by atoms with Crippen molar-refractivity contribution >= 4 is 11.8 Å². The topological polar surface area (TPSA) is 118 Å². The highest BCUT2D eigenvalue weighted by Gasteiger charge is 2.25. The van der Waals surface area contributed by atoms with E-state index in [1.807, 2.05) is 18.2 Å². The third-order valence-electron chi connectivity index (χ3n) is 4.44. The molecule has 132 valence electrons. The molecule has 0 aromatic carbocycles. The standard InChI is InChI=1S/C17H22N6O2/c1-23-8-2-3-14(16(23)24)11-4-7-15(19-10-11)20-12-5-6-13(9-12)21-17(18)22-25/h2-4,7-8,10,12-13,25H,5-6,9H2,1H3,(H,19,20)(H3,18,21,22)/t12-,13-/m0/s1. The van der Waals surface area contributed by atoms with Crippen molar-refractivity contribution < 1.29 is 5.21 Å². The summed E-state index contributed by atoms with van der Waals surface area (Å²) in [6.07, 6.45) is 6.21. The van der Waals surface area contributed by atoms with Crippen LogP contribution in [0.15, 0.2) is 46.6 Å². The largest absolute Gasteiger partial charge is 0.408 e. The molecule has 1 fully saturated rings. The molecule has 25 heavy (non-hydrogen) atoms. The van der Waals surface area contributed by atoms with Gasteiger partial charge in [0.2, 0.25) is 5.96 Å². The minimum atomic E-state index is -0.0437. The number of nitrogens with two attached hydrogens (primary N) is 1. The molecule has 0 amide bonds. The first kappa shape index (κ1) is 16.8. The fourth-order valence-corrected chi connectivity index (χ4v) is 3.15. The van der Waals surface area contributed by atoms with Crippen molar-refractivity contribution in [3.63, 3.8) is 0 Å². The van der Waals surface area contributed by atoms with E-state index < -0.39 is 0 Å². The summed E-state index contributed by atoms with van der Waals surface area (Å²) in [7, 11) is 1.73. The number of nitrogens with zero attached hydrogens (tertiary/aromatic N) is 3. The van der Waals surface area contributed by atoms with Gasteiger partial charge >= 0.3 is 0 Å². The molecule has 0 aliphatic heterocycles. The maximum Gasteiger partial charge on any atom is 0.258 e. The molecule has 0 bridgehead atoms. The average Bonchev–Trinajstić information content (AvgIpc) is 3.05. The number of hydrogen-bond acceptors (Lipinski definition) is 5. The second-order valence-corrected chi connectivity index (χ2v) is 6.25. The van der Waals surface area contributed by atoms with E-state index in [1.165, 1.54) is 0 Å². The molecule has 8 nitrogen and oxygen atoms in total. The van der Waals surface area contributed by atoms with Crippen LogP contribution in [0.25, 0.3) is 11.1 Å². The summed E-state index contributed by atoms with van der Waals surface area (Å²) in [4.78, 5) is 16.6. The Bertz CT molecular complexity index is 815. The molecule has 5 N–H and O–H groups in total. The van der Waals surface area contributed by atoms with E-state index in [4.69, 9.17) is 10.9 Å². The molecule has 2 aromatic heterocycles. The van der Waals surface area contributed by atoms with Crippen LogP contribution in [0.2, 0.25) is 0 Å². The second kappa shape index (κ2) is 7.25. The molecule has 0 saturated heterocycles. The molecule has 1 saturated carbocycles. The summed E-state index contributed by atoms with van der Waals surface area (Å²) in [5, 5.41) is 17.9. The fourth-order valence-electron chi connectivity index (χ4n) is 3.15. The molecule has 0 radical (unpaired) electrons. The van der Waals surface area contributed by atoms with Gasteiger partial charge in [-0.05, 0) is 43.5 Å². The lowest BCUT2D eigenvalue weighted by atomic mass is 10.1. The quantitative estimate of drug-likeness (QED) is 0.286. The van der Waals surface area contributed by atoms with Crippen LogP contribution in [0.1, 0.15) is 19.3 Å². The highest BCUT2D eigenvalue weighted by atomic mass is 16.4. The van der Waals surface area contributed by atoms with Gasteiger partial charge in [-0.1, -0.05) is 5.16 Å². The molecule has 3 rings (SSSR count). The Morgan fingerprint density at radius 3 is 2.88 bits per heavy atom. The predicted molar refractivity (Wildman–Crippen MR) is 96.5 cm³/mol. The number of aromatic nitrogens is 2. The number of pyridine rings is 2. The third-order valence-corrected chi connectivity index (χ3v) is 4.44. The monoisotopic (exact) mass is 342 g/mol. The van der Waals surface area contributed by atoms with Crippen LogP contribution < -0.4 is 21.9 Å². The first-order valence-electron chi connectivity index (χ1n) is 8.19. The van der Waals surface area contributed by atoms with E-state index in [0.717, 1.165) is 30.6 Å². The smallest absolute Gasteiger partial charge is 0.258 e. The van der Waals surface area contributed by atoms with Crippen molar-refractivity contribution in [2.45, 2.75) is 31.3 Å². The van der Waals surface area contributed by atoms with Crippen LogP contribution in [0.5, 0.6) is 0 Å². The zero-order valence-corrected chi connectivity index (χ0v) is 14.0. The van der Waals surface area contributed by atoms with Gasteiger partial charge in [-0.15, -0.1) is 0 Å². The van der Waals surface area contributed by atoms with Crippen LogP contribution in [0.4, 0.5) is 5.82 Å². The van der Waals surface area contributed by atoms with Crippen LogP contribution in [-0.4, -0.2) is 32.8 Å². The number of nitrogens with one attached hydrogen (secondary N) is 2. The highest BCUT2D eigenvalue weighted by Crippen LogP contribution is 2.23. The normalized spacial score (nSPS) is 20.4. The lowest BCUT2D eigenvalue weighted by Gasteiger charge is -2.15. The van der Waals surface area contributed by atoms with E-state index >= 15 is 0 Å². The molecule has 2 heterocycles. The van der Waals surface area contributed by atoms with Gasteiger partial charge in [0, 0.05) is 42.7 Å². The Hall–Kier alpha value is -3.03. The Morgan fingerprint density at radius 1 is 1.36 bits per heavy atom. The maximum absolute atomic E-state index is 12.2. The van der Waals surface area contributed by atoms with E-state index in [2.05, 4.69) is 20.8 Å². The minimum Gasteiger partial charge on any atom is -0.408 e. The van der Waals surface area contributed by atoms with E-state index in [-0.39, 0.29) is 23.6 Å². The Balaban J connectivity index is 1.64. The van der Waals surface area contributed by atoms with Gasteiger partial charge in [0.25, 0.3) is 5.56 Å². The summed E-state index contributed by atoms with van der Waals surface area (Å²) >= 11 is 0. The van der Waals surface area contributed by atoms with Crippen molar-refractivity contribution in [3.05, 3.63) is 47.0 Å². The van der Waals surface area contributed by atoms with Gasteiger partial charge in [-0.2, -0.15) is 0 Å². The van der Waals surface area contributed by atoms with Gasteiger partial charge in [0.05, 0.1) is 0 Å². The Morgan fingerprint density at radius 2 is 2.16 bits per heavy atom. The summed E-state index contributed by atoms with van der Waals surface area (Å²) in [6, 6.07) is 7.87. The van der Waals surface area contributed by atoms with Crippen LogP contribution in [0.3, 0.4) is 0 Å². The SMILES string of the molecule is Cn1cccc(-c2ccc(N[C@H]3CC[C@H](NC(N)=NO)C3)nc2)c1=O. The van der Waals surface area contributed by atoms with Crippen molar-refractivity contribution in [3.8, 4) is 11.1 Å². The second-order valence-electron chi connectivity index (χ2n) is 6.25. The van der Waals surface area contributed by atoms with Crippen LogP contribution in [-0.2, 0) is 7.05 Å². The number of guanidine groups is 1. The van der Waals surface area contributed by atoms with E-state index in [1.54, 1.807) is 30.1 Å². The molecule has 1 aliphatic rings. The Labute approximate surface area is 145 Å². The average molecular weight is 342 g/mol. The third kappa shape index (κ3) is 3.90. The Kier molecular flexibility index (Phi) is 4.87. The highest BCUT2D eigenvalue weighted by molar-refractivity contribution is 5.77. The number of hydrogen-bond donors (Lipinski definition) is 4. The van der Waals surface area contributed by atoms with Gasteiger partial charge < -0.3 is 26.1 Å². The molecular weight excluding hydrogens is 320 g/mol. The van der Waals surface area contributed by atoms with Crippen molar-refractivity contribution in [2.24, 2.45) is 17.9 Å². The van der Waals surface area contributed by atoms with Crippen molar-refractivity contribution in [2.75, 3.05) is 5.32 Å². The maximum atomic E-state index is 12.2. The van der Waals surface area contributed by atoms with Crippen molar-refractivity contribution in [1.29, 1.82) is 0 Å². The van der Waals surface area contributed by atoms with Gasteiger partial charge in [-0.25, -0.2) is 4.98 Å². The zero-order chi connectivity index (χ0) is 17.8. The molecule has 1 aliphatic carbocycles. The molecular formula is C17H22N6O2. The first-order valence-corrected chi connectivity index (χ1v) is 8.19. The van der Waals surface area contributed by atoms with Crippen molar-refractivity contribution in [1.82, 2.24) is 14.9 Å². The predicted octanol–water partition coefficient (Wildman–Crippen LogP) is 1.07. The summed E-state index contributed by atoms with van der Waals surface area (Å²) in [5.74, 6) is 0.809.